The molecule has 1 aromatic heterocycles. The van der Waals surface area contributed by atoms with Crippen LogP contribution in [0.25, 0.3) is 10.1 Å². The molecule has 1 aliphatic carbocycles. The molecule has 0 spiro atoms. The van der Waals surface area contributed by atoms with Crippen LogP contribution >= 0.6 is 11.3 Å². The van der Waals surface area contributed by atoms with Crippen molar-refractivity contribution in [2.24, 2.45) is 11.7 Å². The predicted molar refractivity (Wildman–Crippen MR) is 96.1 cm³/mol. The standard InChI is InChI=1S/C19H22N2O2S/c1-11-13-7-3-5-9-16(13)24-17(11)19(23)21-14-8-4-2-6-12(14)10-15(21)18(20)22/h3,5,7,9,12,14-15H,2,4,6,8,10H2,1H3,(H2,20,22)/t12-,14-,15+/m1/s1. The molecule has 0 unspecified atom stereocenters. The summed E-state index contributed by atoms with van der Waals surface area (Å²) < 4.78 is 1.12. The maximum absolute atomic E-state index is 13.3. The van der Waals surface area contributed by atoms with Crippen LogP contribution in [0.15, 0.2) is 24.3 Å². The van der Waals surface area contributed by atoms with E-state index >= 15 is 0 Å². The summed E-state index contributed by atoms with van der Waals surface area (Å²) in [6.45, 7) is 2.00. The Morgan fingerprint density at radius 3 is 2.71 bits per heavy atom. The number of fused-ring (bicyclic) bond motifs is 2. The number of aryl methyl sites for hydroxylation is 1. The van der Waals surface area contributed by atoms with Gasteiger partial charge in [-0.05, 0) is 49.1 Å². The number of primary amides is 1. The molecule has 1 aliphatic heterocycles. The van der Waals surface area contributed by atoms with E-state index in [4.69, 9.17) is 5.73 Å². The molecular formula is C19H22N2O2S. The highest BCUT2D eigenvalue weighted by Gasteiger charge is 2.47. The quantitative estimate of drug-likeness (QED) is 0.908. The minimum Gasteiger partial charge on any atom is -0.368 e. The molecule has 24 heavy (non-hydrogen) atoms. The maximum atomic E-state index is 13.3. The molecule has 4 nitrogen and oxygen atoms in total. The van der Waals surface area contributed by atoms with E-state index in [1.165, 1.54) is 17.8 Å². The number of rotatable bonds is 2. The van der Waals surface area contributed by atoms with Crippen LogP contribution in [0.5, 0.6) is 0 Å². The maximum Gasteiger partial charge on any atom is 0.265 e. The third-order valence-corrected chi connectivity index (χ3v) is 6.95. The van der Waals surface area contributed by atoms with E-state index in [1.54, 1.807) is 0 Å². The molecule has 2 heterocycles. The molecular weight excluding hydrogens is 320 g/mol. The monoisotopic (exact) mass is 342 g/mol. The van der Waals surface area contributed by atoms with Crippen LogP contribution in [0.1, 0.15) is 47.3 Å². The summed E-state index contributed by atoms with van der Waals surface area (Å²) in [6, 6.07) is 7.81. The number of nitrogens with zero attached hydrogens (tertiary/aromatic N) is 1. The zero-order valence-electron chi connectivity index (χ0n) is 13.8. The van der Waals surface area contributed by atoms with E-state index in [1.807, 2.05) is 30.0 Å². The molecule has 0 radical (unpaired) electrons. The molecule has 2 amide bonds. The number of benzene rings is 1. The Kier molecular flexibility index (Phi) is 3.83. The molecule has 5 heteroatoms. The normalized spacial score (nSPS) is 26.5. The SMILES string of the molecule is Cc1c(C(=O)N2[C@@H]3CCCC[C@@H]3C[C@H]2C(N)=O)sc2ccccc12. The van der Waals surface area contributed by atoms with E-state index in [2.05, 4.69) is 6.07 Å². The van der Waals surface area contributed by atoms with Gasteiger partial charge >= 0.3 is 0 Å². The molecule has 0 bridgehead atoms. The van der Waals surface area contributed by atoms with Crippen LogP contribution in [-0.4, -0.2) is 28.8 Å². The zero-order chi connectivity index (χ0) is 16.8. The number of likely N-dealkylation sites (tertiary alicyclic amines) is 1. The molecule has 2 aromatic rings. The van der Waals surface area contributed by atoms with Crippen molar-refractivity contribution < 1.29 is 9.59 Å². The summed E-state index contributed by atoms with van der Waals surface area (Å²) in [4.78, 5) is 27.9. The van der Waals surface area contributed by atoms with Gasteiger partial charge < -0.3 is 10.6 Å². The smallest absolute Gasteiger partial charge is 0.265 e. The minimum absolute atomic E-state index is 0.00750. The number of hydrogen-bond donors (Lipinski definition) is 1. The van der Waals surface area contributed by atoms with Gasteiger partial charge in [0, 0.05) is 10.7 Å². The second-order valence-corrected chi connectivity index (χ2v) is 8.08. The van der Waals surface area contributed by atoms with Crippen molar-refractivity contribution in [3.05, 3.63) is 34.7 Å². The topological polar surface area (TPSA) is 63.4 Å². The first kappa shape index (κ1) is 15.6. The lowest BCUT2D eigenvalue weighted by atomic mass is 9.84. The van der Waals surface area contributed by atoms with Gasteiger partial charge in [-0.3, -0.25) is 9.59 Å². The van der Waals surface area contributed by atoms with Gasteiger partial charge in [-0.1, -0.05) is 31.0 Å². The van der Waals surface area contributed by atoms with E-state index in [0.29, 0.717) is 5.92 Å². The van der Waals surface area contributed by atoms with Gasteiger partial charge in [0.25, 0.3) is 5.91 Å². The van der Waals surface area contributed by atoms with Gasteiger partial charge in [-0.2, -0.15) is 0 Å². The summed E-state index contributed by atoms with van der Waals surface area (Å²) in [5.41, 5.74) is 6.66. The molecule has 126 valence electrons. The lowest BCUT2D eigenvalue weighted by Crippen LogP contribution is -2.48. The Morgan fingerprint density at radius 1 is 1.21 bits per heavy atom. The fourth-order valence-corrected chi connectivity index (χ4v) is 5.66. The lowest BCUT2D eigenvalue weighted by Gasteiger charge is -2.33. The average Bonchev–Trinajstić information content (AvgIpc) is 3.13. The second-order valence-electron chi connectivity index (χ2n) is 7.03. The highest BCUT2D eigenvalue weighted by atomic mass is 32.1. The van der Waals surface area contributed by atoms with Crippen LogP contribution < -0.4 is 5.73 Å². The molecule has 2 N–H and O–H groups in total. The van der Waals surface area contributed by atoms with Gasteiger partial charge in [0.05, 0.1) is 4.88 Å². The van der Waals surface area contributed by atoms with Gasteiger partial charge in [-0.25, -0.2) is 0 Å². The van der Waals surface area contributed by atoms with Gasteiger partial charge in [-0.15, -0.1) is 11.3 Å². The molecule has 3 atom stereocenters. The Morgan fingerprint density at radius 2 is 1.96 bits per heavy atom. The van der Waals surface area contributed by atoms with Crippen molar-refractivity contribution in [1.82, 2.24) is 4.90 Å². The third-order valence-electron chi connectivity index (χ3n) is 5.69. The zero-order valence-corrected chi connectivity index (χ0v) is 14.6. The van der Waals surface area contributed by atoms with E-state index in [9.17, 15) is 9.59 Å². The number of hydrogen-bond acceptors (Lipinski definition) is 3. The summed E-state index contributed by atoms with van der Waals surface area (Å²) in [6.07, 6.45) is 5.14. The number of carbonyl (C=O) groups excluding carboxylic acids is 2. The Bertz CT molecular complexity index is 813. The first-order valence-corrected chi connectivity index (χ1v) is 9.49. The van der Waals surface area contributed by atoms with E-state index < -0.39 is 6.04 Å². The van der Waals surface area contributed by atoms with Crippen molar-refractivity contribution in [2.75, 3.05) is 0 Å². The molecule has 2 fully saturated rings. The molecule has 1 saturated heterocycles. The number of amides is 2. The van der Waals surface area contributed by atoms with Crippen LogP contribution in [-0.2, 0) is 4.79 Å². The predicted octanol–water partition coefficient (Wildman–Crippen LogP) is 3.47. The lowest BCUT2D eigenvalue weighted by molar-refractivity contribution is -0.122. The highest BCUT2D eigenvalue weighted by Crippen LogP contribution is 2.42. The van der Waals surface area contributed by atoms with Crippen LogP contribution in [0.3, 0.4) is 0 Å². The van der Waals surface area contributed by atoms with E-state index in [-0.39, 0.29) is 17.9 Å². The fourth-order valence-electron chi connectivity index (χ4n) is 4.50. The molecule has 1 saturated carbocycles. The van der Waals surface area contributed by atoms with Crippen LogP contribution in [0.4, 0.5) is 0 Å². The van der Waals surface area contributed by atoms with Crippen molar-refractivity contribution in [3.8, 4) is 0 Å². The number of thiophene rings is 1. The number of carbonyl (C=O) groups is 2. The Hall–Kier alpha value is -1.88. The first-order valence-electron chi connectivity index (χ1n) is 8.68. The summed E-state index contributed by atoms with van der Waals surface area (Å²) >= 11 is 1.53. The van der Waals surface area contributed by atoms with Gasteiger partial charge in [0.1, 0.15) is 6.04 Å². The van der Waals surface area contributed by atoms with Crippen molar-refractivity contribution >= 4 is 33.2 Å². The first-order chi connectivity index (χ1) is 11.6. The van der Waals surface area contributed by atoms with Crippen LogP contribution in [0, 0.1) is 12.8 Å². The summed E-state index contributed by atoms with van der Waals surface area (Å²) in [5.74, 6) is 0.0540. The van der Waals surface area contributed by atoms with Gasteiger partial charge in [0.15, 0.2) is 0 Å². The van der Waals surface area contributed by atoms with Crippen molar-refractivity contribution in [2.45, 2.75) is 51.1 Å². The Balaban J connectivity index is 1.75. The third kappa shape index (κ3) is 2.34. The molecule has 2 aliphatic rings. The fraction of sp³-hybridized carbons (Fsp3) is 0.474. The molecule has 1 aromatic carbocycles. The second kappa shape index (κ2) is 5.88. The Labute approximate surface area is 145 Å². The minimum atomic E-state index is -0.449. The van der Waals surface area contributed by atoms with Crippen LogP contribution in [0.2, 0.25) is 0 Å². The molecule has 4 rings (SSSR count). The largest absolute Gasteiger partial charge is 0.368 e. The highest BCUT2D eigenvalue weighted by molar-refractivity contribution is 7.21. The average molecular weight is 342 g/mol. The van der Waals surface area contributed by atoms with E-state index in [0.717, 1.165) is 46.2 Å². The summed E-state index contributed by atoms with van der Waals surface area (Å²) in [7, 11) is 0. The summed E-state index contributed by atoms with van der Waals surface area (Å²) in [5, 5.41) is 1.13. The number of nitrogens with two attached hydrogens (primary N) is 1. The van der Waals surface area contributed by atoms with Crippen molar-refractivity contribution in [1.29, 1.82) is 0 Å². The van der Waals surface area contributed by atoms with Crippen molar-refractivity contribution in [3.63, 3.8) is 0 Å². The van der Waals surface area contributed by atoms with Gasteiger partial charge in [0.2, 0.25) is 5.91 Å².